The van der Waals surface area contributed by atoms with Gasteiger partial charge in [0.2, 0.25) is 6.10 Å². The Morgan fingerprint density at radius 2 is 0.972 bits per heavy atom. The molecule has 1 rings (SSSR count). The van der Waals surface area contributed by atoms with E-state index in [1.165, 1.54) is 0 Å². The fourth-order valence-electron chi connectivity index (χ4n) is 2.58. The average molecular weight is 515 g/mol. The molecule has 0 bridgehead atoms. The van der Waals surface area contributed by atoms with E-state index in [4.69, 9.17) is 23.7 Å². The van der Waals surface area contributed by atoms with Crippen LogP contribution in [0.15, 0.2) is 0 Å². The number of hydrogen-bond donors (Lipinski definition) is 0. The van der Waals surface area contributed by atoms with Crippen molar-refractivity contribution in [3.8, 4) is 0 Å². The molecule has 10 heteroatoms. The number of ether oxygens (including phenoxy) is 5. The third kappa shape index (κ3) is 8.48. The molecule has 0 unspecified atom stereocenters. The second-order valence-corrected chi connectivity index (χ2v) is 13.1. The highest BCUT2D eigenvalue weighted by Crippen LogP contribution is 2.31. The Labute approximate surface area is 213 Å². The number of carbonyl (C=O) groups is 5. The lowest BCUT2D eigenvalue weighted by molar-refractivity contribution is -0.236. The van der Waals surface area contributed by atoms with Gasteiger partial charge in [-0.15, -0.1) is 0 Å². The van der Waals surface area contributed by atoms with Crippen molar-refractivity contribution < 1.29 is 47.7 Å². The van der Waals surface area contributed by atoms with E-state index in [2.05, 4.69) is 0 Å². The Balaban J connectivity index is 3.51. The monoisotopic (exact) mass is 514 g/mol. The van der Waals surface area contributed by atoms with Crippen LogP contribution in [0, 0.1) is 21.7 Å². The lowest BCUT2D eigenvalue weighted by Gasteiger charge is -2.41. The predicted molar refractivity (Wildman–Crippen MR) is 128 cm³/mol. The van der Waals surface area contributed by atoms with E-state index in [1.807, 2.05) is 0 Å². The molecule has 0 aromatic heterocycles. The fourth-order valence-corrected chi connectivity index (χ4v) is 2.58. The van der Waals surface area contributed by atoms with Crippen molar-refractivity contribution in [2.75, 3.05) is 6.61 Å². The molecule has 0 radical (unpaired) electrons. The molecule has 1 heterocycles. The molecule has 0 aromatic rings. The molecule has 0 N–H and O–H groups in total. The summed E-state index contributed by atoms with van der Waals surface area (Å²) in [4.78, 5) is 63.7. The third-order valence-electron chi connectivity index (χ3n) is 5.04. The van der Waals surface area contributed by atoms with Gasteiger partial charge in [0, 0.05) is 0 Å². The SMILES string of the molecule is CC(C)(C)C(=O)OC[C@H]1OC(=O)[C@H](OC(=O)C(C)(C)C)[C@@H](OC(=O)C(C)(C)C)[C@@H]1OC(=O)C(C)(C)C. The average Bonchev–Trinajstić information content (AvgIpc) is 2.67. The van der Waals surface area contributed by atoms with Crippen molar-refractivity contribution in [1.29, 1.82) is 0 Å². The zero-order valence-electron chi connectivity index (χ0n) is 23.6. The highest BCUT2D eigenvalue weighted by atomic mass is 16.7. The number of rotatable bonds is 5. The van der Waals surface area contributed by atoms with E-state index in [0.29, 0.717) is 0 Å². The number of carbonyl (C=O) groups excluding carboxylic acids is 5. The van der Waals surface area contributed by atoms with Gasteiger partial charge in [-0.3, -0.25) is 19.2 Å². The summed E-state index contributed by atoms with van der Waals surface area (Å²) in [6.45, 7) is 18.9. The molecule has 1 aliphatic heterocycles. The molecule has 36 heavy (non-hydrogen) atoms. The molecule has 0 saturated carbocycles. The smallest absolute Gasteiger partial charge is 0.352 e. The summed E-state index contributed by atoms with van der Waals surface area (Å²) in [5.41, 5.74) is -3.80. The second-order valence-electron chi connectivity index (χ2n) is 13.1. The maximum atomic E-state index is 13.0. The molecule has 4 atom stereocenters. The summed E-state index contributed by atoms with van der Waals surface area (Å²) in [6.07, 6.45) is -5.95. The molecule has 1 saturated heterocycles. The summed E-state index contributed by atoms with van der Waals surface area (Å²) in [7, 11) is 0. The quantitative estimate of drug-likeness (QED) is 0.397. The Kier molecular flexibility index (Phi) is 9.38. The maximum absolute atomic E-state index is 13.0. The van der Waals surface area contributed by atoms with E-state index in [9.17, 15) is 24.0 Å². The van der Waals surface area contributed by atoms with Crippen LogP contribution in [-0.4, -0.2) is 60.9 Å². The van der Waals surface area contributed by atoms with Crippen molar-refractivity contribution in [3.63, 3.8) is 0 Å². The molecular formula is C26H42O10. The van der Waals surface area contributed by atoms with Gasteiger partial charge in [-0.05, 0) is 83.1 Å². The first-order valence-corrected chi connectivity index (χ1v) is 12.0. The van der Waals surface area contributed by atoms with Crippen LogP contribution in [0.25, 0.3) is 0 Å². The van der Waals surface area contributed by atoms with Crippen LogP contribution < -0.4 is 0 Å². The molecule has 1 aliphatic rings. The molecule has 206 valence electrons. The number of hydrogen-bond acceptors (Lipinski definition) is 10. The summed E-state index contributed by atoms with van der Waals surface area (Å²) < 4.78 is 27.5. The molecular weight excluding hydrogens is 472 g/mol. The van der Waals surface area contributed by atoms with Crippen molar-refractivity contribution in [1.82, 2.24) is 0 Å². The lowest BCUT2D eigenvalue weighted by atomic mass is 9.93. The summed E-state index contributed by atoms with van der Waals surface area (Å²) >= 11 is 0. The first-order valence-electron chi connectivity index (χ1n) is 12.0. The zero-order valence-corrected chi connectivity index (χ0v) is 23.6. The minimum absolute atomic E-state index is 0.465. The predicted octanol–water partition coefficient (Wildman–Crippen LogP) is 3.37. The Morgan fingerprint density at radius 1 is 0.611 bits per heavy atom. The van der Waals surface area contributed by atoms with Crippen LogP contribution in [0.4, 0.5) is 0 Å². The Bertz CT molecular complexity index is 861. The van der Waals surface area contributed by atoms with Crippen LogP contribution in [0.1, 0.15) is 83.1 Å². The van der Waals surface area contributed by atoms with Gasteiger partial charge in [-0.2, -0.15) is 0 Å². The summed E-state index contributed by atoms with van der Waals surface area (Å²) in [5.74, 6) is -3.75. The minimum Gasteiger partial charge on any atom is -0.461 e. The third-order valence-corrected chi connectivity index (χ3v) is 5.04. The van der Waals surface area contributed by atoms with Gasteiger partial charge in [0.1, 0.15) is 6.61 Å². The van der Waals surface area contributed by atoms with Crippen LogP contribution in [0.5, 0.6) is 0 Å². The fraction of sp³-hybridized carbons (Fsp3) is 0.808. The van der Waals surface area contributed by atoms with Gasteiger partial charge >= 0.3 is 29.8 Å². The topological polar surface area (TPSA) is 132 Å². The zero-order chi connectivity index (χ0) is 28.4. The van der Waals surface area contributed by atoms with E-state index in [1.54, 1.807) is 83.1 Å². The first-order chi connectivity index (χ1) is 16.0. The summed E-state index contributed by atoms with van der Waals surface area (Å²) in [6, 6.07) is 0. The number of esters is 5. The van der Waals surface area contributed by atoms with Crippen molar-refractivity contribution in [3.05, 3.63) is 0 Å². The molecule has 0 aromatic carbocycles. The molecule has 0 amide bonds. The second kappa shape index (κ2) is 10.8. The van der Waals surface area contributed by atoms with Crippen molar-refractivity contribution in [2.24, 2.45) is 21.7 Å². The van der Waals surface area contributed by atoms with Gasteiger partial charge < -0.3 is 23.7 Å². The summed E-state index contributed by atoms with van der Waals surface area (Å²) in [5, 5.41) is 0. The molecule has 1 fully saturated rings. The number of cyclic esters (lactones) is 1. The van der Waals surface area contributed by atoms with E-state index in [0.717, 1.165) is 0 Å². The van der Waals surface area contributed by atoms with Crippen molar-refractivity contribution in [2.45, 2.75) is 108 Å². The van der Waals surface area contributed by atoms with E-state index < -0.39 is 82.5 Å². The lowest BCUT2D eigenvalue weighted by Crippen LogP contribution is -2.62. The minimum atomic E-state index is -1.70. The Hall–Kier alpha value is -2.65. The van der Waals surface area contributed by atoms with Gasteiger partial charge in [0.25, 0.3) is 0 Å². The first kappa shape index (κ1) is 31.4. The Morgan fingerprint density at radius 3 is 1.36 bits per heavy atom. The highest BCUT2D eigenvalue weighted by molar-refractivity contribution is 5.84. The largest absolute Gasteiger partial charge is 0.461 e. The van der Waals surface area contributed by atoms with Gasteiger partial charge in [0.15, 0.2) is 18.3 Å². The van der Waals surface area contributed by atoms with Crippen LogP contribution >= 0.6 is 0 Å². The highest BCUT2D eigenvalue weighted by Gasteiger charge is 2.55. The standard InChI is InChI=1S/C26H42O10/c1-23(2,3)19(28)32-13-14-15(34-20(29)24(4,5)6)16(35-21(30)25(7,8)9)17(18(27)33-14)36-22(31)26(10,11)12/h14-17H,13H2,1-12H3/t14-,15-,16+,17-/m1/s1. The van der Waals surface area contributed by atoms with E-state index in [-0.39, 0.29) is 0 Å². The molecule has 0 spiro atoms. The van der Waals surface area contributed by atoms with Crippen molar-refractivity contribution >= 4 is 29.8 Å². The van der Waals surface area contributed by atoms with Gasteiger partial charge in [-0.1, -0.05) is 0 Å². The normalized spacial score (nSPS) is 23.3. The van der Waals surface area contributed by atoms with Crippen LogP contribution in [-0.2, 0) is 47.7 Å². The molecule has 0 aliphatic carbocycles. The molecule has 10 nitrogen and oxygen atoms in total. The maximum Gasteiger partial charge on any atom is 0.352 e. The van der Waals surface area contributed by atoms with E-state index >= 15 is 0 Å². The van der Waals surface area contributed by atoms with Gasteiger partial charge in [-0.25, -0.2) is 4.79 Å². The van der Waals surface area contributed by atoms with Crippen LogP contribution in [0.2, 0.25) is 0 Å². The van der Waals surface area contributed by atoms with Gasteiger partial charge in [0.05, 0.1) is 21.7 Å². The van der Waals surface area contributed by atoms with Crippen LogP contribution in [0.3, 0.4) is 0 Å².